The van der Waals surface area contributed by atoms with Crippen LogP contribution in [0.3, 0.4) is 0 Å². The van der Waals surface area contributed by atoms with E-state index in [1.807, 2.05) is 6.08 Å². The number of carbonyl (C=O) groups is 3. The molecule has 3 rings (SSSR count). The highest BCUT2D eigenvalue weighted by Gasteiger charge is 2.62. The molecule has 0 bridgehead atoms. The zero-order valence-electron chi connectivity index (χ0n) is 15.9. The van der Waals surface area contributed by atoms with Gasteiger partial charge in [0.25, 0.3) is 0 Å². The van der Waals surface area contributed by atoms with Gasteiger partial charge in [0, 0.05) is 12.0 Å². The molecule has 138 valence electrons. The van der Waals surface area contributed by atoms with Crippen LogP contribution in [0.5, 0.6) is 0 Å². The molecule has 2 fully saturated rings. The highest BCUT2D eigenvalue weighted by Crippen LogP contribution is 2.65. The molecule has 0 aromatic carbocycles. The fourth-order valence-corrected chi connectivity index (χ4v) is 6.43. The summed E-state index contributed by atoms with van der Waals surface area (Å²) in [7, 11) is 1.34. The predicted molar refractivity (Wildman–Crippen MR) is 94.8 cm³/mol. The average molecular weight is 346 g/mol. The van der Waals surface area contributed by atoms with Crippen LogP contribution in [0.4, 0.5) is 0 Å². The lowest BCUT2D eigenvalue weighted by Crippen LogP contribution is -2.58. The number of ketones is 1. The van der Waals surface area contributed by atoms with Crippen LogP contribution in [0.15, 0.2) is 11.6 Å². The summed E-state index contributed by atoms with van der Waals surface area (Å²) in [5.74, 6) is -0.0541. The first-order valence-corrected chi connectivity index (χ1v) is 9.48. The fraction of sp³-hybridized carbons (Fsp3) is 0.762. The second kappa shape index (κ2) is 6.07. The second-order valence-electron chi connectivity index (χ2n) is 9.21. The Labute approximate surface area is 150 Å². The van der Waals surface area contributed by atoms with Crippen molar-refractivity contribution < 1.29 is 19.1 Å². The Morgan fingerprint density at radius 3 is 2.56 bits per heavy atom. The van der Waals surface area contributed by atoms with E-state index in [0.717, 1.165) is 25.5 Å². The predicted octanol–water partition coefficient (Wildman–Crippen LogP) is 3.88. The van der Waals surface area contributed by atoms with E-state index in [4.69, 9.17) is 4.74 Å². The summed E-state index contributed by atoms with van der Waals surface area (Å²) in [5, 5.41) is 0. The molecule has 0 aliphatic heterocycles. The van der Waals surface area contributed by atoms with Gasteiger partial charge in [0.05, 0.1) is 12.5 Å². The van der Waals surface area contributed by atoms with E-state index < -0.39 is 11.4 Å². The number of rotatable bonds is 2. The largest absolute Gasteiger partial charge is 0.466 e. The van der Waals surface area contributed by atoms with Crippen molar-refractivity contribution in [3.05, 3.63) is 11.6 Å². The standard InChI is InChI=1S/C21H30O4/c1-19(2)9-5-10-20(3)15(19)8-11-21(13-22)16(20)7-6-14(12-17(21)23)18(24)25-4/h6,13,15-16H,5,7-12H2,1-4H3/t15?,16?,20-,21-/m0/s1. The van der Waals surface area contributed by atoms with E-state index in [1.54, 1.807) is 0 Å². The van der Waals surface area contributed by atoms with Crippen LogP contribution in [0.2, 0.25) is 0 Å². The number of Topliss-reactive ketones (excluding diaryl/α,β-unsaturated/α-hetero) is 1. The molecule has 4 heteroatoms. The normalized spacial score (nSPS) is 40.2. The number of methoxy groups -OCH3 is 1. The minimum Gasteiger partial charge on any atom is -0.466 e. The van der Waals surface area contributed by atoms with E-state index in [9.17, 15) is 14.4 Å². The van der Waals surface area contributed by atoms with Crippen molar-refractivity contribution in [2.24, 2.45) is 28.1 Å². The van der Waals surface area contributed by atoms with Crippen LogP contribution in [0.1, 0.15) is 65.7 Å². The number of ether oxygens (including phenoxy) is 1. The first-order valence-electron chi connectivity index (χ1n) is 9.48. The molecule has 0 saturated heterocycles. The van der Waals surface area contributed by atoms with Gasteiger partial charge in [-0.15, -0.1) is 0 Å². The molecule has 3 aliphatic rings. The van der Waals surface area contributed by atoms with Crippen LogP contribution >= 0.6 is 0 Å². The lowest BCUT2D eigenvalue weighted by Gasteiger charge is -2.61. The summed E-state index contributed by atoms with van der Waals surface area (Å²) in [6.07, 6.45) is 8.33. The lowest BCUT2D eigenvalue weighted by molar-refractivity contribution is -0.162. The van der Waals surface area contributed by atoms with Crippen LogP contribution in [0.25, 0.3) is 0 Å². The summed E-state index contributed by atoms with van der Waals surface area (Å²) in [6, 6.07) is 0. The quantitative estimate of drug-likeness (QED) is 0.432. The number of carbonyl (C=O) groups excluding carboxylic acids is 3. The highest BCUT2D eigenvalue weighted by molar-refractivity contribution is 6.05. The van der Waals surface area contributed by atoms with Gasteiger partial charge in [-0.05, 0) is 54.8 Å². The third-order valence-corrected chi connectivity index (χ3v) is 7.67. The molecule has 4 nitrogen and oxygen atoms in total. The van der Waals surface area contributed by atoms with Crippen molar-refractivity contribution in [1.29, 1.82) is 0 Å². The molecule has 3 aliphatic carbocycles. The topological polar surface area (TPSA) is 60.4 Å². The Hall–Kier alpha value is -1.45. The summed E-state index contributed by atoms with van der Waals surface area (Å²) < 4.78 is 4.83. The van der Waals surface area contributed by atoms with Crippen molar-refractivity contribution in [1.82, 2.24) is 0 Å². The van der Waals surface area contributed by atoms with Gasteiger partial charge in [0.2, 0.25) is 0 Å². The van der Waals surface area contributed by atoms with Gasteiger partial charge in [-0.25, -0.2) is 4.79 Å². The molecule has 0 N–H and O–H groups in total. The molecule has 4 atom stereocenters. The van der Waals surface area contributed by atoms with Gasteiger partial charge in [-0.2, -0.15) is 0 Å². The van der Waals surface area contributed by atoms with Gasteiger partial charge in [0.1, 0.15) is 6.29 Å². The van der Waals surface area contributed by atoms with Gasteiger partial charge in [0.15, 0.2) is 5.78 Å². The Balaban J connectivity index is 2.07. The summed E-state index contributed by atoms with van der Waals surface area (Å²) >= 11 is 0. The van der Waals surface area contributed by atoms with Crippen LogP contribution in [-0.4, -0.2) is 25.1 Å². The summed E-state index contributed by atoms with van der Waals surface area (Å²) in [5.41, 5.74) is -0.339. The zero-order valence-corrected chi connectivity index (χ0v) is 15.9. The molecule has 0 amide bonds. The van der Waals surface area contributed by atoms with Crippen molar-refractivity contribution in [3.63, 3.8) is 0 Å². The molecule has 0 radical (unpaired) electrons. The molecular weight excluding hydrogens is 316 g/mol. The molecule has 2 unspecified atom stereocenters. The second-order valence-corrected chi connectivity index (χ2v) is 9.21. The number of allylic oxidation sites excluding steroid dienone is 1. The third-order valence-electron chi connectivity index (χ3n) is 7.67. The van der Waals surface area contributed by atoms with Crippen molar-refractivity contribution in [3.8, 4) is 0 Å². The van der Waals surface area contributed by atoms with E-state index in [1.165, 1.54) is 13.5 Å². The Bertz CT molecular complexity index is 632. The minimum atomic E-state index is -0.940. The maximum Gasteiger partial charge on any atom is 0.333 e. The van der Waals surface area contributed by atoms with Crippen LogP contribution < -0.4 is 0 Å². The van der Waals surface area contributed by atoms with Crippen molar-refractivity contribution in [2.45, 2.75) is 65.7 Å². The monoisotopic (exact) mass is 346 g/mol. The van der Waals surface area contributed by atoms with E-state index >= 15 is 0 Å². The lowest BCUT2D eigenvalue weighted by atomic mass is 9.42. The molecule has 0 heterocycles. The number of esters is 1. The first-order chi connectivity index (χ1) is 11.7. The number of hydrogen-bond donors (Lipinski definition) is 0. The SMILES string of the molecule is COC(=O)C1=CCC2[C@@]3(C)CCCC(C)(C)C3CC[C@@]2(C=O)C(=O)C1. The van der Waals surface area contributed by atoms with E-state index in [2.05, 4.69) is 20.8 Å². The molecular formula is C21H30O4. The summed E-state index contributed by atoms with van der Waals surface area (Å²) in [4.78, 5) is 37.4. The number of fused-ring (bicyclic) bond motifs is 3. The molecule has 2 saturated carbocycles. The van der Waals surface area contributed by atoms with Gasteiger partial charge in [-0.3, -0.25) is 4.79 Å². The summed E-state index contributed by atoms with van der Waals surface area (Å²) in [6.45, 7) is 6.94. The zero-order chi connectivity index (χ0) is 18.5. The van der Waals surface area contributed by atoms with Crippen molar-refractivity contribution in [2.75, 3.05) is 7.11 Å². The molecule has 25 heavy (non-hydrogen) atoms. The highest BCUT2D eigenvalue weighted by atomic mass is 16.5. The van der Waals surface area contributed by atoms with Crippen LogP contribution in [-0.2, 0) is 19.1 Å². The number of aldehydes is 1. The Morgan fingerprint density at radius 2 is 1.92 bits per heavy atom. The average Bonchev–Trinajstić information content (AvgIpc) is 2.71. The van der Waals surface area contributed by atoms with Crippen molar-refractivity contribution >= 4 is 18.0 Å². The van der Waals surface area contributed by atoms with Gasteiger partial charge in [-0.1, -0.05) is 33.3 Å². The molecule has 0 aromatic rings. The maximum atomic E-state index is 13.1. The smallest absolute Gasteiger partial charge is 0.333 e. The molecule has 0 aromatic heterocycles. The molecule has 0 spiro atoms. The fourth-order valence-electron chi connectivity index (χ4n) is 6.43. The van der Waals surface area contributed by atoms with Gasteiger partial charge >= 0.3 is 5.97 Å². The van der Waals surface area contributed by atoms with Gasteiger partial charge < -0.3 is 9.53 Å². The Kier molecular flexibility index (Phi) is 4.45. The minimum absolute atomic E-state index is 0.0199. The number of hydrogen-bond acceptors (Lipinski definition) is 4. The van der Waals surface area contributed by atoms with E-state index in [-0.39, 0.29) is 29.0 Å². The third kappa shape index (κ3) is 2.60. The first kappa shape index (κ1) is 18.3. The Morgan fingerprint density at radius 1 is 1.20 bits per heavy atom. The van der Waals surface area contributed by atoms with E-state index in [0.29, 0.717) is 24.3 Å². The van der Waals surface area contributed by atoms with Crippen LogP contribution in [0, 0.1) is 28.1 Å². The maximum absolute atomic E-state index is 13.1.